The number of methoxy groups -OCH3 is 1. The van der Waals surface area contributed by atoms with E-state index in [2.05, 4.69) is 15.0 Å². The Morgan fingerprint density at radius 2 is 2.09 bits per heavy atom. The van der Waals surface area contributed by atoms with Gasteiger partial charge in [-0.25, -0.2) is 4.98 Å². The Labute approximate surface area is 130 Å². The summed E-state index contributed by atoms with van der Waals surface area (Å²) in [5.41, 5.74) is 0.184. The third kappa shape index (κ3) is 3.45. The monoisotopic (exact) mass is 321 g/mol. The maximum Gasteiger partial charge on any atom is 0.325 e. The summed E-state index contributed by atoms with van der Waals surface area (Å²) in [7, 11) is 2.78. The molecule has 1 heterocycles. The van der Waals surface area contributed by atoms with Crippen molar-refractivity contribution in [2.75, 3.05) is 19.9 Å². The molecule has 0 radical (unpaired) electrons. The smallest absolute Gasteiger partial charge is 0.325 e. The van der Waals surface area contributed by atoms with E-state index in [-0.39, 0.29) is 23.8 Å². The molecule has 2 aromatic rings. The number of hydrogen-bond donors (Lipinski definition) is 1. The van der Waals surface area contributed by atoms with Crippen LogP contribution in [0, 0.1) is 0 Å². The highest BCUT2D eigenvalue weighted by atomic mass is 32.2. The van der Waals surface area contributed by atoms with Gasteiger partial charge in [0.1, 0.15) is 6.54 Å². The second-order valence-electron chi connectivity index (χ2n) is 4.34. The summed E-state index contributed by atoms with van der Waals surface area (Å²) < 4.78 is 5.83. The van der Waals surface area contributed by atoms with Gasteiger partial charge in [-0.05, 0) is 12.1 Å². The van der Waals surface area contributed by atoms with Crippen LogP contribution in [-0.4, -0.2) is 41.3 Å². The minimum atomic E-state index is -0.555. The van der Waals surface area contributed by atoms with Gasteiger partial charge in [0.15, 0.2) is 5.16 Å². The fourth-order valence-corrected chi connectivity index (χ4v) is 2.66. The molecule has 0 spiro atoms. The van der Waals surface area contributed by atoms with E-state index in [1.165, 1.54) is 18.7 Å². The summed E-state index contributed by atoms with van der Waals surface area (Å²) in [6.45, 7) is -0.247. The number of aromatic nitrogens is 2. The number of thioether (sulfide) groups is 1. The summed E-state index contributed by atoms with van der Waals surface area (Å²) >= 11 is 1.09. The van der Waals surface area contributed by atoms with Crippen LogP contribution in [0.4, 0.5) is 0 Å². The van der Waals surface area contributed by atoms with Gasteiger partial charge < -0.3 is 10.1 Å². The van der Waals surface area contributed by atoms with Crippen molar-refractivity contribution in [3.05, 3.63) is 34.6 Å². The molecule has 0 saturated carbocycles. The zero-order valence-corrected chi connectivity index (χ0v) is 13.0. The normalized spacial score (nSPS) is 10.5. The van der Waals surface area contributed by atoms with E-state index in [9.17, 15) is 14.4 Å². The van der Waals surface area contributed by atoms with Gasteiger partial charge in [0.25, 0.3) is 5.56 Å². The van der Waals surface area contributed by atoms with Crippen LogP contribution in [0.1, 0.15) is 0 Å². The minimum Gasteiger partial charge on any atom is -0.468 e. The van der Waals surface area contributed by atoms with Gasteiger partial charge in [-0.2, -0.15) is 0 Å². The van der Waals surface area contributed by atoms with Crippen LogP contribution < -0.4 is 10.9 Å². The zero-order valence-electron chi connectivity index (χ0n) is 12.2. The molecule has 116 valence electrons. The predicted molar refractivity (Wildman–Crippen MR) is 82.8 cm³/mol. The van der Waals surface area contributed by atoms with E-state index in [0.717, 1.165) is 11.8 Å². The lowest BCUT2D eigenvalue weighted by Gasteiger charge is -2.11. The lowest BCUT2D eigenvalue weighted by molar-refractivity contribution is -0.141. The van der Waals surface area contributed by atoms with E-state index >= 15 is 0 Å². The van der Waals surface area contributed by atoms with Crippen LogP contribution >= 0.6 is 11.8 Å². The molecule has 0 saturated heterocycles. The number of amides is 1. The largest absolute Gasteiger partial charge is 0.468 e. The second kappa shape index (κ2) is 7.08. The van der Waals surface area contributed by atoms with Crippen molar-refractivity contribution in [3.8, 4) is 0 Å². The lowest BCUT2D eigenvalue weighted by atomic mass is 10.2. The van der Waals surface area contributed by atoms with E-state index in [4.69, 9.17) is 0 Å². The summed E-state index contributed by atoms with van der Waals surface area (Å²) in [6, 6.07) is 6.85. The molecule has 0 unspecified atom stereocenters. The number of fused-ring (bicyclic) bond motifs is 1. The molecule has 0 atom stereocenters. The molecule has 0 bridgehead atoms. The second-order valence-corrected chi connectivity index (χ2v) is 5.28. The topological polar surface area (TPSA) is 90.3 Å². The number of nitrogens with zero attached hydrogens (tertiary/aromatic N) is 2. The number of benzene rings is 1. The number of nitrogens with one attached hydrogen (secondary N) is 1. The number of hydrogen-bond acceptors (Lipinski definition) is 6. The van der Waals surface area contributed by atoms with Crippen LogP contribution in [0.5, 0.6) is 0 Å². The Kier molecular flexibility index (Phi) is 5.16. The first-order valence-electron chi connectivity index (χ1n) is 6.46. The number of ether oxygens (including phenoxy) is 1. The van der Waals surface area contributed by atoms with Crippen molar-refractivity contribution in [3.63, 3.8) is 0 Å². The summed E-state index contributed by atoms with van der Waals surface area (Å²) in [5, 5.41) is 3.21. The number of para-hydroxylation sites is 1. The molecule has 1 amide bonds. The number of carbonyl (C=O) groups excluding carboxylic acids is 2. The van der Waals surface area contributed by atoms with Gasteiger partial charge >= 0.3 is 5.97 Å². The molecule has 8 heteroatoms. The van der Waals surface area contributed by atoms with Gasteiger partial charge in [-0.15, -0.1) is 0 Å². The first kappa shape index (κ1) is 16.0. The van der Waals surface area contributed by atoms with Gasteiger partial charge in [0.05, 0.1) is 23.8 Å². The number of carbonyl (C=O) groups is 2. The van der Waals surface area contributed by atoms with Gasteiger partial charge in [0.2, 0.25) is 5.91 Å². The molecular weight excluding hydrogens is 306 g/mol. The Morgan fingerprint density at radius 3 is 2.77 bits per heavy atom. The van der Waals surface area contributed by atoms with Crippen LogP contribution in [0.15, 0.2) is 34.2 Å². The molecule has 0 aliphatic rings. The third-order valence-corrected chi connectivity index (χ3v) is 3.93. The van der Waals surface area contributed by atoms with E-state index in [1.54, 1.807) is 24.3 Å². The maximum atomic E-state index is 12.5. The minimum absolute atomic E-state index is 0.0997. The Bertz CT molecular complexity index is 772. The van der Waals surface area contributed by atoms with Crippen molar-refractivity contribution in [1.29, 1.82) is 0 Å². The van der Waals surface area contributed by atoms with Gasteiger partial charge in [-0.3, -0.25) is 19.0 Å². The van der Waals surface area contributed by atoms with Crippen LogP contribution in [0.25, 0.3) is 10.9 Å². The Balaban J connectivity index is 2.50. The Hall–Kier alpha value is -2.35. The highest BCUT2D eigenvalue weighted by Crippen LogP contribution is 2.17. The fraction of sp³-hybridized carbons (Fsp3) is 0.286. The van der Waals surface area contributed by atoms with Crippen molar-refractivity contribution in [2.24, 2.45) is 0 Å². The molecule has 0 fully saturated rings. The fourth-order valence-electron chi connectivity index (χ4n) is 1.79. The maximum absolute atomic E-state index is 12.5. The molecule has 1 aromatic carbocycles. The number of rotatable bonds is 5. The van der Waals surface area contributed by atoms with E-state index in [0.29, 0.717) is 16.1 Å². The van der Waals surface area contributed by atoms with Crippen LogP contribution in [0.3, 0.4) is 0 Å². The van der Waals surface area contributed by atoms with Crippen LogP contribution in [0.2, 0.25) is 0 Å². The molecule has 0 aliphatic carbocycles. The van der Waals surface area contributed by atoms with E-state index in [1.807, 2.05) is 0 Å². The molecular formula is C14H15N3O4S. The summed E-state index contributed by atoms with van der Waals surface area (Å²) in [5.74, 6) is -0.652. The first-order valence-corrected chi connectivity index (χ1v) is 7.45. The average molecular weight is 321 g/mol. The summed E-state index contributed by atoms with van der Waals surface area (Å²) in [4.78, 5) is 39.8. The van der Waals surface area contributed by atoms with Crippen molar-refractivity contribution in [2.45, 2.75) is 11.7 Å². The Morgan fingerprint density at radius 1 is 1.36 bits per heavy atom. The lowest BCUT2D eigenvalue weighted by Crippen LogP contribution is -2.28. The van der Waals surface area contributed by atoms with Gasteiger partial charge in [0, 0.05) is 7.05 Å². The molecule has 2 rings (SSSR count). The van der Waals surface area contributed by atoms with Gasteiger partial charge in [-0.1, -0.05) is 23.9 Å². The molecule has 1 N–H and O–H groups in total. The highest BCUT2D eigenvalue weighted by Gasteiger charge is 2.15. The zero-order chi connectivity index (χ0) is 16.1. The quantitative estimate of drug-likeness (QED) is 0.487. The first-order chi connectivity index (χ1) is 10.6. The SMILES string of the molecule is CNC(=O)CSc1nc2ccccc2c(=O)n1CC(=O)OC. The van der Waals surface area contributed by atoms with Crippen molar-refractivity contribution >= 4 is 34.5 Å². The molecule has 22 heavy (non-hydrogen) atoms. The molecule has 0 aliphatic heterocycles. The molecule has 1 aromatic heterocycles. The average Bonchev–Trinajstić information content (AvgIpc) is 2.55. The van der Waals surface area contributed by atoms with Crippen molar-refractivity contribution in [1.82, 2.24) is 14.9 Å². The van der Waals surface area contributed by atoms with Crippen molar-refractivity contribution < 1.29 is 14.3 Å². The third-order valence-electron chi connectivity index (χ3n) is 2.95. The standard InChI is InChI=1S/C14H15N3O4S/c1-15-11(18)8-22-14-16-10-6-4-3-5-9(10)13(20)17(14)7-12(19)21-2/h3-6H,7-8H2,1-2H3,(H,15,18). The van der Waals surface area contributed by atoms with E-state index < -0.39 is 5.97 Å². The van der Waals surface area contributed by atoms with Crippen LogP contribution in [-0.2, 0) is 20.9 Å². The molecule has 7 nitrogen and oxygen atoms in total. The highest BCUT2D eigenvalue weighted by molar-refractivity contribution is 7.99. The predicted octanol–water partition coefficient (Wildman–Crippen LogP) is 0.408. The summed E-state index contributed by atoms with van der Waals surface area (Å²) in [6.07, 6.45) is 0. The number of esters is 1.